The highest BCUT2D eigenvalue weighted by molar-refractivity contribution is 7.90. The van der Waals surface area contributed by atoms with Gasteiger partial charge in [0.2, 0.25) is 0 Å². The van der Waals surface area contributed by atoms with Crippen LogP contribution in [0.1, 0.15) is 31.0 Å². The SMILES string of the molecule is CS(=O)(=O)c1cn[nH]c1C1CCCCN1. The highest BCUT2D eigenvalue weighted by Crippen LogP contribution is 2.26. The zero-order valence-electron chi connectivity index (χ0n) is 8.66. The van der Waals surface area contributed by atoms with Crippen LogP contribution in [-0.4, -0.2) is 31.4 Å². The van der Waals surface area contributed by atoms with Crippen LogP contribution < -0.4 is 5.32 Å². The second-order valence-corrected chi connectivity index (χ2v) is 5.91. The number of nitrogens with one attached hydrogen (secondary N) is 2. The van der Waals surface area contributed by atoms with Gasteiger partial charge in [0.15, 0.2) is 9.84 Å². The van der Waals surface area contributed by atoms with Crippen LogP contribution >= 0.6 is 0 Å². The summed E-state index contributed by atoms with van der Waals surface area (Å²) < 4.78 is 22.9. The second kappa shape index (κ2) is 3.94. The van der Waals surface area contributed by atoms with Crippen molar-refractivity contribution in [3.8, 4) is 0 Å². The molecule has 1 aromatic rings. The van der Waals surface area contributed by atoms with Crippen LogP contribution in [-0.2, 0) is 9.84 Å². The molecule has 0 aromatic carbocycles. The molecule has 1 saturated heterocycles. The molecule has 15 heavy (non-hydrogen) atoms. The lowest BCUT2D eigenvalue weighted by Crippen LogP contribution is -2.28. The van der Waals surface area contributed by atoms with E-state index in [0.717, 1.165) is 25.8 Å². The van der Waals surface area contributed by atoms with E-state index >= 15 is 0 Å². The smallest absolute Gasteiger partial charge is 0.178 e. The normalized spacial score (nSPS) is 22.9. The van der Waals surface area contributed by atoms with Crippen molar-refractivity contribution in [2.24, 2.45) is 0 Å². The van der Waals surface area contributed by atoms with E-state index in [1.807, 2.05) is 0 Å². The Kier molecular flexibility index (Phi) is 2.79. The maximum Gasteiger partial charge on any atom is 0.178 e. The van der Waals surface area contributed by atoms with E-state index in [1.165, 1.54) is 12.5 Å². The highest BCUT2D eigenvalue weighted by Gasteiger charge is 2.23. The predicted octanol–water partition coefficient (Wildman–Crippen LogP) is 0.628. The zero-order valence-corrected chi connectivity index (χ0v) is 9.47. The largest absolute Gasteiger partial charge is 0.309 e. The molecular weight excluding hydrogens is 214 g/mol. The van der Waals surface area contributed by atoms with Crippen LogP contribution in [0, 0.1) is 0 Å². The summed E-state index contributed by atoms with van der Waals surface area (Å²) in [5.41, 5.74) is 0.706. The van der Waals surface area contributed by atoms with Gasteiger partial charge < -0.3 is 5.32 Å². The van der Waals surface area contributed by atoms with Crippen molar-refractivity contribution in [3.05, 3.63) is 11.9 Å². The summed E-state index contributed by atoms with van der Waals surface area (Å²) in [6.45, 7) is 0.937. The minimum absolute atomic E-state index is 0.103. The van der Waals surface area contributed by atoms with Crippen molar-refractivity contribution in [2.45, 2.75) is 30.2 Å². The van der Waals surface area contributed by atoms with Crippen LogP contribution in [0.15, 0.2) is 11.1 Å². The van der Waals surface area contributed by atoms with Crippen molar-refractivity contribution in [1.82, 2.24) is 15.5 Å². The van der Waals surface area contributed by atoms with Gasteiger partial charge in [0, 0.05) is 6.26 Å². The van der Waals surface area contributed by atoms with Gasteiger partial charge in [-0.15, -0.1) is 0 Å². The predicted molar refractivity (Wildman–Crippen MR) is 56.3 cm³/mol. The molecule has 2 heterocycles. The molecule has 84 valence electrons. The Morgan fingerprint density at radius 2 is 2.27 bits per heavy atom. The van der Waals surface area contributed by atoms with Crippen molar-refractivity contribution in [1.29, 1.82) is 0 Å². The molecule has 1 fully saturated rings. The van der Waals surface area contributed by atoms with E-state index in [0.29, 0.717) is 10.6 Å². The van der Waals surface area contributed by atoms with E-state index in [4.69, 9.17) is 0 Å². The van der Waals surface area contributed by atoms with Gasteiger partial charge in [-0.3, -0.25) is 5.10 Å². The molecule has 0 spiro atoms. The first-order chi connectivity index (χ1) is 7.09. The van der Waals surface area contributed by atoms with Gasteiger partial charge in [-0.25, -0.2) is 8.42 Å². The summed E-state index contributed by atoms with van der Waals surface area (Å²) in [6, 6.07) is 0.103. The van der Waals surface area contributed by atoms with E-state index in [-0.39, 0.29) is 6.04 Å². The summed E-state index contributed by atoms with van der Waals surface area (Å²) in [5, 5.41) is 9.91. The van der Waals surface area contributed by atoms with Gasteiger partial charge in [-0.05, 0) is 19.4 Å². The summed E-state index contributed by atoms with van der Waals surface area (Å²) >= 11 is 0. The Labute approximate surface area is 89.2 Å². The number of H-pyrrole nitrogens is 1. The Morgan fingerprint density at radius 1 is 1.47 bits per heavy atom. The topological polar surface area (TPSA) is 74.8 Å². The van der Waals surface area contributed by atoms with E-state index < -0.39 is 9.84 Å². The number of hydrogen-bond donors (Lipinski definition) is 2. The first kappa shape index (κ1) is 10.6. The van der Waals surface area contributed by atoms with Crippen molar-refractivity contribution in [2.75, 3.05) is 12.8 Å². The lowest BCUT2D eigenvalue weighted by atomic mass is 10.0. The van der Waals surface area contributed by atoms with E-state index in [2.05, 4.69) is 15.5 Å². The minimum atomic E-state index is -3.17. The maximum absolute atomic E-state index is 11.5. The van der Waals surface area contributed by atoms with Crippen LogP contribution in [0.25, 0.3) is 0 Å². The highest BCUT2D eigenvalue weighted by atomic mass is 32.2. The number of aromatic nitrogens is 2. The van der Waals surface area contributed by atoms with Gasteiger partial charge in [0.05, 0.1) is 17.9 Å². The van der Waals surface area contributed by atoms with Crippen molar-refractivity contribution < 1.29 is 8.42 Å². The molecule has 6 heteroatoms. The molecule has 2 N–H and O–H groups in total. The number of rotatable bonds is 2. The first-order valence-corrected chi connectivity index (χ1v) is 6.95. The third kappa shape index (κ3) is 2.21. The fourth-order valence-electron chi connectivity index (χ4n) is 1.93. The zero-order chi connectivity index (χ0) is 10.9. The lowest BCUT2D eigenvalue weighted by molar-refractivity contribution is 0.400. The van der Waals surface area contributed by atoms with Gasteiger partial charge in [-0.1, -0.05) is 6.42 Å². The fraction of sp³-hybridized carbons (Fsp3) is 0.667. The number of aromatic amines is 1. The van der Waals surface area contributed by atoms with Gasteiger partial charge in [0.25, 0.3) is 0 Å². The Bertz CT molecular complexity index is 432. The van der Waals surface area contributed by atoms with Crippen LogP contribution in [0.4, 0.5) is 0 Å². The molecule has 2 rings (SSSR count). The average Bonchev–Trinajstić information content (AvgIpc) is 2.67. The van der Waals surface area contributed by atoms with Crippen LogP contribution in [0.3, 0.4) is 0 Å². The molecule has 1 atom stereocenters. The average molecular weight is 229 g/mol. The molecule has 1 aliphatic rings. The van der Waals surface area contributed by atoms with Crippen molar-refractivity contribution >= 4 is 9.84 Å². The third-order valence-electron chi connectivity index (χ3n) is 2.69. The third-order valence-corrected chi connectivity index (χ3v) is 3.81. The number of sulfone groups is 1. The quantitative estimate of drug-likeness (QED) is 0.780. The molecular formula is C9H15N3O2S. The molecule has 1 aliphatic heterocycles. The molecule has 0 bridgehead atoms. The molecule has 0 saturated carbocycles. The molecule has 0 aliphatic carbocycles. The lowest BCUT2D eigenvalue weighted by Gasteiger charge is -2.22. The van der Waals surface area contributed by atoms with Crippen molar-refractivity contribution in [3.63, 3.8) is 0 Å². The molecule has 5 nitrogen and oxygen atoms in total. The molecule has 0 radical (unpaired) electrons. The standard InChI is InChI=1S/C9H15N3O2S/c1-15(13,14)8-6-11-12-9(8)7-4-2-3-5-10-7/h6-7,10H,2-5H2,1H3,(H,11,12). The van der Waals surface area contributed by atoms with Gasteiger partial charge in [0.1, 0.15) is 4.90 Å². The maximum atomic E-state index is 11.5. The number of nitrogens with zero attached hydrogens (tertiary/aromatic N) is 1. The number of piperidine rings is 1. The summed E-state index contributed by atoms with van der Waals surface area (Å²) in [5.74, 6) is 0. The summed E-state index contributed by atoms with van der Waals surface area (Å²) in [7, 11) is -3.17. The number of hydrogen-bond acceptors (Lipinski definition) is 4. The fourth-order valence-corrected chi connectivity index (χ4v) is 2.76. The molecule has 0 amide bonds. The Hall–Kier alpha value is -0.880. The van der Waals surface area contributed by atoms with E-state index in [1.54, 1.807) is 0 Å². The van der Waals surface area contributed by atoms with Gasteiger partial charge >= 0.3 is 0 Å². The minimum Gasteiger partial charge on any atom is -0.309 e. The first-order valence-electron chi connectivity index (χ1n) is 5.06. The summed E-state index contributed by atoms with van der Waals surface area (Å²) in [4.78, 5) is 0.321. The van der Waals surface area contributed by atoms with Crippen LogP contribution in [0.2, 0.25) is 0 Å². The van der Waals surface area contributed by atoms with E-state index in [9.17, 15) is 8.42 Å². The second-order valence-electron chi connectivity index (χ2n) is 3.92. The summed E-state index contributed by atoms with van der Waals surface area (Å²) in [6.07, 6.45) is 5.84. The molecule has 1 aromatic heterocycles. The monoisotopic (exact) mass is 229 g/mol. The Balaban J connectivity index is 2.32. The Morgan fingerprint density at radius 3 is 2.87 bits per heavy atom. The van der Waals surface area contributed by atoms with Crippen LogP contribution in [0.5, 0.6) is 0 Å². The van der Waals surface area contributed by atoms with Gasteiger partial charge in [-0.2, -0.15) is 5.10 Å². The molecule has 1 unspecified atom stereocenters.